The van der Waals surface area contributed by atoms with Crippen molar-refractivity contribution in [3.63, 3.8) is 0 Å². The number of fused-ring (bicyclic) bond motifs is 1. The quantitative estimate of drug-likeness (QED) is 0.581. The second-order valence-electron chi connectivity index (χ2n) is 5.68. The molecule has 8 heteroatoms. The summed E-state index contributed by atoms with van der Waals surface area (Å²) < 4.78 is 13.7. The molecule has 0 aliphatic carbocycles. The van der Waals surface area contributed by atoms with Crippen LogP contribution in [0.15, 0.2) is 42.1 Å². The maximum Gasteiger partial charge on any atom is 0.232 e. The zero-order chi connectivity index (χ0) is 17.8. The SMILES string of the molecule is C=CCn1c(SCC(=O)N(C)C)nnc1[C@@H]1COc2ccccc2O1. The maximum absolute atomic E-state index is 11.8. The number of nitrogens with zero attached hydrogens (tertiary/aromatic N) is 4. The number of amides is 1. The van der Waals surface area contributed by atoms with E-state index in [2.05, 4.69) is 16.8 Å². The number of thioether (sulfide) groups is 1. The van der Waals surface area contributed by atoms with E-state index in [4.69, 9.17) is 9.47 Å². The van der Waals surface area contributed by atoms with Crippen molar-refractivity contribution in [2.45, 2.75) is 17.8 Å². The highest BCUT2D eigenvalue weighted by Gasteiger charge is 2.28. The Kier molecular flexibility index (Phi) is 5.28. The van der Waals surface area contributed by atoms with Gasteiger partial charge in [-0.3, -0.25) is 9.36 Å². The van der Waals surface area contributed by atoms with Crippen molar-refractivity contribution in [2.75, 3.05) is 26.5 Å². The van der Waals surface area contributed by atoms with E-state index in [-0.39, 0.29) is 12.0 Å². The monoisotopic (exact) mass is 360 g/mol. The van der Waals surface area contributed by atoms with Gasteiger partial charge in [-0.25, -0.2) is 0 Å². The number of allylic oxidation sites excluding steroid dienone is 1. The molecule has 0 N–H and O–H groups in total. The minimum absolute atomic E-state index is 0.0193. The number of carbonyl (C=O) groups excluding carboxylic acids is 1. The predicted molar refractivity (Wildman–Crippen MR) is 94.9 cm³/mol. The molecule has 0 saturated carbocycles. The Morgan fingerprint density at radius 2 is 2.16 bits per heavy atom. The van der Waals surface area contributed by atoms with Gasteiger partial charge in [-0.05, 0) is 12.1 Å². The maximum atomic E-state index is 11.8. The fourth-order valence-electron chi connectivity index (χ4n) is 2.35. The Balaban J connectivity index is 1.80. The van der Waals surface area contributed by atoms with Crippen molar-refractivity contribution >= 4 is 17.7 Å². The topological polar surface area (TPSA) is 69.5 Å². The molecule has 25 heavy (non-hydrogen) atoms. The number of hydrogen-bond donors (Lipinski definition) is 0. The van der Waals surface area contributed by atoms with Crippen molar-refractivity contribution in [3.05, 3.63) is 42.7 Å². The third-order valence-corrected chi connectivity index (χ3v) is 4.63. The summed E-state index contributed by atoms with van der Waals surface area (Å²) >= 11 is 1.35. The van der Waals surface area contributed by atoms with Crippen LogP contribution in [0.1, 0.15) is 11.9 Å². The van der Waals surface area contributed by atoms with Gasteiger partial charge >= 0.3 is 0 Å². The second kappa shape index (κ2) is 7.60. The molecule has 7 nitrogen and oxygen atoms in total. The highest BCUT2D eigenvalue weighted by molar-refractivity contribution is 7.99. The molecule has 0 unspecified atom stereocenters. The lowest BCUT2D eigenvalue weighted by atomic mass is 10.2. The summed E-state index contributed by atoms with van der Waals surface area (Å²) in [6, 6.07) is 7.53. The van der Waals surface area contributed by atoms with Crippen molar-refractivity contribution in [1.29, 1.82) is 0 Å². The van der Waals surface area contributed by atoms with Gasteiger partial charge in [-0.2, -0.15) is 0 Å². The molecule has 1 aliphatic heterocycles. The van der Waals surface area contributed by atoms with Gasteiger partial charge in [0.1, 0.15) is 6.61 Å². The minimum atomic E-state index is -0.360. The zero-order valence-electron chi connectivity index (χ0n) is 14.2. The second-order valence-corrected chi connectivity index (χ2v) is 6.62. The van der Waals surface area contributed by atoms with Gasteiger partial charge in [0.25, 0.3) is 0 Å². The van der Waals surface area contributed by atoms with Gasteiger partial charge in [-0.1, -0.05) is 30.0 Å². The van der Waals surface area contributed by atoms with Gasteiger partial charge in [0.2, 0.25) is 5.91 Å². The molecule has 0 radical (unpaired) electrons. The van der Waals surface area contributed by atoms with E-state index in [1.54, 1.807) is 25.1 Å². The van der Waals surface area contributed by atoms with E-state index >= 15 is 0 Å². The summed E-state index contributed by atoms with van der Waals surface area (Å²) in [7, 11) is 3.46. The third-order valence-electron chi connectivity index (χ3n) is 3.68. The van der Waals surface area contributed by atoms with Gasteiger partial charge in [0.05, 0.1) is 5.75 Å². The molecule has 2 aromatic rings. The predicted octanol–water partition coefficient (Wildman–Crippen LogP) is 2.16. The molecule has 1 aromatic heterocycles. The van der Waals surface area contributed by atoms with Crippen LogP contribution in [0.4, 0.5) is 0 Å². The first-order chi connectivity index (χ1) is 12.1. The van der Waals surface area contributed by atoms with Gasteiger partial charge in [0.15, 0.2) is 28.6 Å². The molecular weight excluding hydrogens is 340 g/mol. The van der Waals surface area contributed by atoms with Crippen LogP contribution >= 0.6 is 11.8 Å². The minimum Gasteiger partial charge on any atom is -0.485 e. The Hall–Kier alpha value is -2.48. The van der Waals surface area contributed by atoms with Crippen LogP contribution < -0.4 is 9.47 Å². The van der Waals surface area contributed by atoms with Crippen LogP contribution in [-0.4, -0.2) is 52.0 Å². The van der Waals surface area contributed by atoms with Crippen molar-refractivity contribution in [3.8, 4) is 11.5 Å². The number of hydrogen-bond acceptors (Lipinski definition) is 6. The first kappa shape index (κ1) is 17.3. The highest BCUT2D eigenvalue weighted by atomic mass is 32.2. The molecule has 0 fully saturated rings. The first-order valence-corrected chi connectivity index (χ1v) is 8.84. The zero-order valence-corrected chi connectivity index (χ0v) is 15.0. The Labute approximate surface area is 150 Å². The highest BCUT2D eigenvalue weighted by Crippen LogP contribution is 2.36. The van der Waals surface area contributed by atoms with E-state index < -0.39 is 0 Å². The van der Waals surface area contributed by atoms with Crippen LogP contribution in [-0.2, 0) is 11.3 Å². The molecule has 1 aliphatic rings. The number of para-hydroxylation sites is 2. The van der Waals surface area contributed by atoms with Crippen LogP contribution in [0.25, 0.3) is 0 Å². The summed E-state index contributed by atoms with van der Waals surface area (Å²) in [5, 5.41) is 9.15. The van der Waals surface area contributed by atoms with E-state index in [1.807, 2.05) is 28.8 Å². The third kappa shape index (κ3) is 3.79. The van der Waals surface area contributed by atoms with Crippen LogP contribution in [0, 0.1) is 0 Å². The van der Waals surface area contributed by atoms with E-state index in [1.165, 1.54) is 11.8 Å². The lowest BCUT2D eigenvalue weighted by Crippen LogP contribution is -2.25. The fourth-order valence-corrected chi connectivity index (χ4v) is 3.28. The summed E-state index contributed by atoms with van der Waals surface area (Å²) in [5.41, 5.74) is 0. The van der Waals surface area contributed by atoms with Gasteiger partial charge in [0, 0.05) is 20.6 Å². The number of rotatable bonds is 6. The standard InChI is InChI=1S/C17H20N4O3S/c1-4-9-21-16(18-19-17(21)25-11-15(22)20(2)3)14-10-23-12-7-5-6-8-13(12)24-14/h4-8,14H,1,9-11H2,2-3H3/t14-/m0/s1. The molecular formula is C17H20N4O3S. The molecule has 0 spiro atoms. The fraction of sp³-hybridized carbons (Fsp3) is 0.353. The first-order valence-electron chi connectivity index (χ1n) is 7.85. The van der Waals surface area contributed by atoms with Crippen LogP contribution in [0.2, 0.25) is 0 Å². The van der Waals surface area contributed by atoms with E-state index in [9.17, 15) is 4.79 Å². The normalized spacial score (nSPS) is 15.7. The van der Waals surface area contributed by atoms with Gasteiger partial charge < -0.3 is 14.4 Å². The largest absolute Gasteiger partial charge is 0.485 e. The summed E-state index contributed by atoms with van der Waals surface area (Å²) in [4.78, 5) is 13.4. The Morgan fingerprint density at radius 3 is 2.88 bits per heavy atom. The summed E-state index contributed by atoms with van der Waals surface area (Å²) in [6.07, 6.45) is 1.41. The Bertz CT molecular complexity index is 775. The average Bonchev–Trinajstić information content (AvgIpc) is 3.02. The molecule has 132 valence electrons. The summed E-state index contributed by atoms with van der Waals surface area (Å²) in [6.45, 7) is 4.67. The van der Waals surface area contributed by atoms with Crippen molar-refractivity contribution in [2.24, 2.45) is 0 Å². The lowest BCUT2D eigenvalue weighted by Gasteiger charge is -2.26. The molecule has 0 bridgehead atoms. The molecule has 0 saturated heterocycles. The smallest absolute Gasteiger partial charge is 0.232 e. The van der Waals surface area contributed by atoms with Crippen molar-refractivity contribution in [1.82, 2.24) is 19.7 Å². The number of aromatic nitrogens is 3. The van der Waals surface area contributed by atoms with Crippen molar-refractivity contribution < 1.29 is 14.3 Å². The lowest BCUT2D eigenvalue weighted by molar-refractivity contribution is -0.125. The molecule has 1 atom stereocenters. The number of carbonyl (C=O) groups is 1. The molecule has 1 amide bonds. The molecule has 1 aromatic carbocycles. The van der Waals surface area contributed by atoms with E-state index in [0.717, 1.165) is 5.75 Å². The average molecular weight is 360 g/mol. The number of benzene rings is 1. The Morgan fingerprint density at radius 1 is 1.40 bits per heavy atom. The van der Waals surface area contributed by atoms with Crippen LogP contribution in [0.5, 0.6) is 11.5 Å². The molecule has 2 heterocycles. The summed E-state index contributed by atoms with van der Waals surface area (Å²) in [5.74, 6) is 2.39. The van der Waals surface area contributed by atoms with Crippen LogP contribution in [0.3, 0.4) is 0 Å². The van der Waals surface area contributed by atoms with Gasteiger partial charge in [-0.15, -0.1) is 16.8 Å². The van der Waals surface area contributed by atoms with E-state index in [0.29, 0.717) is 35.6 Å². The number of ether oxygens (including phenoxy) is 2. The molecule has 3 rings (SSSR count).